The van der Waals surface area contributed by atoms with Gasteiger partial charge in [0.05, 0.1) is 27.5 Å². The summed E-state index contributed by atoms with van der Waals surface area (Å²) in [5, 5.41) is 3.44. The average molecular weight is 210 g/mol. The highest BCUT2D eigenvalue weighted by molar-refractivity contribution is 5.84. The molecule has 2 N–H and O–H groups in total. The fourth-order valence-corrected chi connectivity index (χ4v) is 1.23. The number of hydrogen-bond donors (Lipinski definition) is 1. The molecule has 0 saturated heterocycles. The third-order valence-electron chi connectivity index (χ3n) is 1.95. The lowest BCUT2D eigenvalue weighted by atomic mass is 10.2. The van der Waals surface area contributed by atoms with Crippen molar-refractivity contribution in [3.63, 3.8) is 0 Å². The maximum Gasteiger partial charge on any atom is 0.164 e. The van der Waals surface area contributed by atoms with Crippen molar-refractivity contribution in [3.05, 3.63) is 17.7 Å². The molecule has 5 heteroatoms. The lowest BCUT2D eigenvalue weighted by Crippen LogP contribution is -1.97. The summed E-state index contributed by atoms with van der Waals surface area (Å²) in [5.41, 5.74) is 0.734. The minimum atomic E-state index is 0.600. The summed E-state index contributed by atoms with van der Waals surface area (Å²) in [4.78, 5) is 0. The van der Waals surface area contributed by atoms with Crippen molar-refractivity contribution in [1.82, 2.24) is 0 Å². The highest BCUT2D eigenvalue weighted by atomic mass is 16.5. The first-order chi connectivity index (χ1) is 7.26. The zero-order valence-corrected chi connectivity index (χ0v) is 8.98. The van der Waals surface area contributed by atoms with Gasteiger partial charge >= 0.3 is 0 Å². The van der Waals surface area contributed by atoms with Crippen molar-refractivity contribution in [2.24, 2.45) is 10.9 Å². The third kappa shape index (κ3) is 2.31. The summed E-state index contributed by atoms with van der Waals surface area (Å²) in [6.07, 6.45) is 1.49. The number of hydrazone groups is 1. The molecule has 0 spiro atoms. The molecule has 0 heterocycles. The Labute approximate surface area is 88.4 Å². The number of nitrogens with zero attached hydrogens (tertiary/aromatic N) is 1. The van der Waals surface area contributed by atoms with Gasteiger partial charge in [0, 0.05) is 11.6 Å². The van der Waals surface area contributed by atoms with E-state index in [9.17, 15) is 0 Å². The maximum atomic E-state index is 5.16. The van der Waals surface area contributed by atoms with Crippen LogP contribution >= 0.6 is 0 Å². The molecule has 1 rings (SSSR count). The van der Waals surface area contributed by atoms with E-state index in [1.54, 1.807) is 33.5 Å². The number of rotatable bonds is 4. The van der Waals surface area contributed by atoms with Gasteiger partial charge < -0.3 is 20.1 Å². The van der Waals surface area contributed by atoms with Crippen LogP contribution in [-0.2, 0) is 0 Å². The van der Waals surface area contributed by atoms with Gasteiger partial charge in [0.15, 0.2) is 11.5 Å². The number of methoxy groups -OCH3 is 3. The molecule has 0 aromatic heterocycles. The van der Waals surface area contributed by atoms with Crippen LogP contribution in [0.1, 0.15) is 5.56 Å². The van der Waals surface area contributed by atoms with Gasteiger partial charge in [-0.05, 0) is 6.07 Å². The van der Waals surface area contributed by atoms with Crippen molar-refractivity contribution in [3.8, 4) is 17.2 Å². The van der Waals surface area contributed by atoms with Gasteiger partial charge in [-0.1, -0.05) is 0 Å². The van der Waals surface area contributed by atoms with E-state index >= 15 is 0 Å². The second kappa shape index (κ2) is 5.09. The van der Waals surface area contributed by atoms with Crippen molar-refractivity contribution in [2.45, 2.75) is 0 Å². The van der Waals surface area contributed by atoms with E-state index in [0.717, 1.165) is 5.56 Å². The summed E-state index contributed by atoms with van der Waals surface area (Å²) < 4.78 is 15.4. The highest BCUT2D eigenvalue weighted by Crippen LogP contribution is 2.33. The molecule has 0 unspecified atom stereocenters. The Balaban J connectivity index is 3.27. The zero-order valence-electron chi connectivity index (χ0n) is 8.98. The monoisotopic (exact) mass is 210 g/mol. The molecular formula is C10H14N2O3. The number of ether oxygens (including phenoxy) is 3. The topological polar surface area (TPSA) is 66.1 Å². The Morgan fingerprint density at radius 2 is 1.53 bits per heavy atom. The average Bonchev–Trinajstić information content (AvgIpc) is 2.28. The van der Waals surface area contributed by atoms with Gasteiger partial charge in [0.2, 0.25) is 0 Å². The van der Waals surface area contributed by atoms with E-state index in [1.807, 2.05) is 0 Å². The van der Waals surface area contributed by atoms with Crippen LogP contribution < -0.4 is 20.1 Å². The Kier molecular flexibility index (Phi) is 3.79. The predicted octanol–water partition coefficient (Wildman–Crippen LogP) is 1.00. The summed E-state index contributed by atoms with van der Waals surface area (Å²) in [7, 11) is 4.69. The number of benzene rings is 1. The normalized spacial score (nSPS) is 10.3. The van der Waals surface area contributed by atoms with E-state index in [1.165, 1.54) is 6.21 Å². The molecule has 0 aliphatic rings. The molecule has 0 aliphatic carbocycles. The smallest absolute Gasteiger partial charge is 0.164 e. The molecule has 1 aromatic rings. The standard InChI is InChI=1S/C10H14N2O3/c1-13-8-5-10(15-3)9(14-2)4-7(8)6-12-11/h4-6H,11H2,1-3H3/b12-6+. The molecular weight excluding hydrogens is 196 g/mol. The van der Waals surface area contributed by atoms with Gasteiger partial charge in [-0.25, -0.2) is 0 Å². The third-order valence-corrected chi connectivity index (χ3v) is 1.95. The van der Waals surface area contributed by atoms with Gasteiger partial charge in [-0.3, -0.25) is 0 Å². The first-order valence-corrected chi connectivity index (χ1v) is 4.30. The Morgan fingerprint density at radius 3 is 2.00 bits per heavy atom. The number of hydrogen-bond acceptors (Lipinski definition) is 5. The van der Waals surface area contributed by atoms with Crippen LogP contribution in [0.3, 0.4) is 0 Å². The fourth-order valence-electron chi connectivity index (χ4n) is 1.23. The summed E-state index contributed by atoms with van der Waals surface area (Å²) >= 11 is 0. The van der Waals surface area contributed by atoms with Crippen LogP contribution in [0.15, 0.2) is 17.2 Å². The Bertz CT molecular complexity index is 364. The predicted molar refractivity (Wildman–Crippen MR) is 57.9 cm³/mol. The van der Waals surface area contributed by atoms with Gasteiger partial charge in [-0.2, -0.15) is 5.10 Å². The molecule has 0 amide bonds. The lowest BCUT2D eigenvalue weighted by molar-refractivity contribution is 0.349. The van der Waals surface area contributed by atoms with Crippen LogP contribution in [0.2, 0.25) is 0 Å². The zero-order chi connectivity index (χ0) is 11.3. The minimum Gasteiger partial charge on any atom is -0.496 e. The summed E-state index contributed by atoms with van der Waals surface area (Å²) in [6.45, 7) is 0. The van der Waals surface area contributed by atoms with Crippen LogP contribution in [0.4, 0.5) is 0 Å². The van der Waals surface area contributed by atoms with Gasteiger partial charge in [-0.15, -0.1) is 0 Å². The second-order valence-corrected chi connectivity index (χ2v) is 2.73. The lowest BCUT2D eigenvalue weighted by Gasteiger charge is -2.11. The maximum absolute atomic E-state index is 5.16. The largest absolute Gasteiger partial charge is 0.496 e. The SMILES string of the molecule is COc1cc(OC)c(OC)cc1/C=N/N. The van der Waals surface area contributed by atoms with Crippen molar-refractivity contribution >= 4 is 6.21 Å². The molecule has 0 atom stereocenters. The number of nitrogens with two attached hydrogens (primary N) is 1. The van der Waals surface area contributed by atoms with Gasteiger partial charge in [0.25, 0.3) is 0 Å². The van der Waals surface area contributed by atoms with E-state index in [2.05, 4.69) is 5.10 Å². The molecule has 0 radical (unpaired) electrons. The van der Waals surface area contributed by atoms with Gasteiger partial charge in [0.1, 0.15) is 5.75 Å². The summed E-state index contributed by atoms with van der Waals surface area (Å²) in [6, 6.07) is 3.46. The van der Waals surface area contributed by atoms with E-state index in [4.69, 9.17) is 20.1 Å². The molecule has 0 saturated carbocycles. The first kappa shape index (κ1) is 11.2. The molecule has 82 valence electrons. The molecule has 0 aliphatic heterocycles. The van der Waals surface area contributed by atoms with Crippen molar-refractivity contribution in [2.75, 3.05) is 21.3 Å². The van der Waals surface area contributed by atoms with E-state index < -0.39 is 0 Å². The quantitative estimate of drug-likeness (QED) is 0.457. The molecule has 1 aromatic carbocycles. The molecule has 0 bridgehead atoms. The Hall–Kier alpha value is -1.91. The van der Waals surface area contributed by atoms with Crippen LogP contribution in [0.25, 0.3) is 0 Å². The van der Waals surface area contributed by atoms with E-state index in [-0.39, 0.29) is 0 Å². The second-order valence-electron chi connectivity index (χ2n) is 2.73. The minimum absolute atomic E-state index is 0.600. The van der Waals surface area contributed by atoms with Crippen molar-refractivity contribution < 1.29 is 14.2 Å². The van der Waals surface area contributed by atoms with E-state index in [0.29, 0.717) is 17.2 Å². The van der Waals surface area contributed by atoms with Crippen LogP contribution in [0.5, 0.6) is 17.2 Å². The molecule has 15 heavy (non-hydrogen) atoms. The first-order valence-electron chi connectivity index (χ1n) is 4.30. The highest BCUT2D eigenvalue weighted by Gasteiger charge is 2.09. The van der Waals surface area contributed by atoms with Crippen LogP contribution in [-0.4, -0.2) is 27.5 Å². The molecule has 5 nitrogen and oxygen atoms in total. The Morgan fingerprint density at radius 1 is 1.00 bits per heavy atom. The van der Waals surface area contributed by atoms with Crippen molar-refractivity contribution in [1.29, 1.82) is 0 Å². The van der Waals surface area contributed by atoms with Crippen LogP contribution in [0, 0.1) is 0 Å². The molecule has 0 fully saturated rings. The fraction of sp³-hybridized carbons (Fsp3) is 0.300. The summed E-state index contributed by atoms with van der Waals surface area (Å²) in [5.74, 6) is 6.92.